The van der Waals surface area contributed by atoms with Gasteiger partial charge in [-0.25, -0.2) is 4.79 Å². The van der Waals surface area contributed by atoms with Crippen molar-refractivity contribution in [2.75, 3.05) is 16.0 Å². The summed E-state index contributed by atoms with van der Waals surface area (Å²) >= 11 is 0. The standard InChI is InChI=1S/C25H26N4O3/c1-25(2,3)29-23(31)20-11-7-8-12-21(20)28-22(30)17-13-15-19(16-14-17)27-24(32)26-18-9-5-4-6-10-18/h4-16H,1-3H3,(H,28,30)(H,29,31)(H2,26,27,32). The Labute approximate surface area is 187 Å². The van der Waals surface area contributed by atoms with Crippen LogP contribution in [0.25, 0.3) is 0 Å². The Morgan fingerprint density at radius 2 is 1.19 bits per heavy atom. The Morgan fingerprint density at radius 3 is 1.81 bits per heavy atom. The molecular formula is C25H26N4O3. The van der Waals surface area contributed by atoms with Gasteiger partial charge < -0.3 is 21.3 Å². The molecule has 4 amide bonds. The molecule has 0 bridgehead atoms. The largest absolute Gasteiger partial charge is 0.347 e. The van der Waals surface area contributed by atoms with Crippen LogP contribution in [0.3, 0.4) is 0 Å². The lowest BCUT2D eigenvalue weighted by Crippen LogP contribution is -2.40. The zero-order valence-electron chi connectivity index (χ0n) is 18.2. The number of carbonyl (C=O) groups excluding carboxylic acids is 3. The zero-order chi connectivity index (χ0) is 23.1. The van der Waals surface area contributed by atoms with E-state index in [2.05, 4.69) is 21.3 Å². The summed E-state index contributed by atoms with van der Waals surface area (Å²) < 4.78 is 0. The lowest BCUT2D eigenvalue weighted by Gasteiger charge is -2.21. The summed E-state index contributed by atoms with van der Waals surface area (Å²) in [6, 6.07) is 22.0. The molecule has 0 aliphatic heterocycles. The maximum atomic E-state index is 12.7. The number of urea groups is 1. The van der Waals surface area contributed by atoms with Crippen molar-refractivity contribution in [1.82, 2.24) is 5.32 Å². The zero-order valence-corrected chi connectivity index (χ0v) is 18.2. The van der Waals surface area contributed by atoms with Crippen molar-refractivity contribution in [3.05, 3.63) is 90.0 Å². The molecule has 3 aromatic rings. The summed E-state index contributed by atoms with van der Waals surface area (Å²) in [5.74, 6) is -0.626. The number of rotatable bonds is 5. The van der Waals surface area contributed by atoms with E-state index in [0.717, 1.165) is 0 Å². The van der Waals surface area contributed by atoms with Crippen LogP contribution < -0.4 is 21.3 Å². The third kappa shape index (κ3) is 6.43. The van der Waals surface area contributed by atoms with E-state index in [1.54, 1.807) is 60.7 Å². The Bertz CT molecular complexity index is 1100. The Kier molecular flexibility index (Phi) is 6.90. The average Bonchev–Trinajstić information content (AvgIpc) is 2.74. The average molecular weight is 431 g/mol. The molecule has 0 aliphatic rings. The van der Waals surface area contributed by atoms with Gasteiger partial charge in [0.2, 0.25) is 0 Å². The number of amides is 4. The molecule has 0 heterocycles. The highest BCUT2D eigenvalue weighted by Crippen LogP contribution is 2.18. The van der Waals surface area contributed by atoms with Gasteiger partial charge in [-0.05, 0) is 69.3 Å². The van der Waals surface area contributed by atoms with Gasteiger partial charge in [0.05, 0.1) is 11.3 Å². The molecule has 32 heavy (non-hydrogen) atoms. The monoisotopic (exact) mass is 430 g/mol. The molecule has 164 valence electrons. The molecule has 0 aliphatic carbocycles. The fourth-order valence-corrected chi connectivity index (χ4v) is 2.91. The van der Waals surface area contributed by atoms with Crippen LogP contribution >= 0.6 is 0 Å². The Hall–Kier alpha value is -4.13. The van der Waals surface area contributed by atoms with Crippen LogP contribution in [-0.4, -0.2) is 23.4 Å². The number of anilines is 3. The lowest BCUT2D eigenvalue weighted by molar-refractivity contribution is 0.0920. The van der Waals surface area contributed by atoms with Crippen LogP contribution in [0.4, 0.5) is 21.9 Å². The highest BCUT2D eigenvalue weighted by molar-refractivity contribution is 6.09. The Morgan fingerprint density at radius 1 is 0.625 bits per heavy atom. The van der Waals surface area contributed by atoms with E-state index in [-0.39, 0.29) is 17.8 Å². The molecule has 4 N–H and O–H groups in total. The molecule has 3 aromatic carbocycles. The van der Waals surface area contributed by atoms with Crippen molar-refractivity contribution in [1.29, 1.82) is 0 Å². The van der Waals surface area contributed by atoms with Gasteiger partial charge in [-0.2, -0.15) is 0 Å². The summed E-state index contributed by atoms with van der Waals surface area (Å²) in [7, 11) is 0. The first-order valence-corrected chi connectivity index (χ1v) is 10.2. The van der Waals surface area contributed by atoms with Crippen molar-refractivity contribution in [2.45, 2.75) is 26.3 Å². The van der Waals surface area contributed by atoms with Gasteiger partial charge in [-0.1, -0.05) is 30.3 Å². The van der Waals surface area contributed by atoms with E-state index >= 15 is 0 Å². The lowest BCUT2D eigenvalue weighted by atomic mass is 10.1. The number of hydrogen-bond acceptors (Lipinski definition) is 3. The second-order valence-corrected chi connectivity index (χ2v) is 8.23. The number of carbonyl (C=O) groups is 3. The van der Waals surface area contributed by atoms with Crippen molar-refractivity contribution >= 4 is 34.9 Å². The molecule has 0 atom stereocenters. The number of para-hydroxylation sites is 2. The van der Waals surface area contributed by atoms with Gasteiger partial charge in [0, 0.05) is 22.5 Å². The van der Waals surface area contributed by atoms with E-state index in [1.165, 1.54) is 0 Å². The van der Waals surface area contributed by atoms with Gasteiger partial charge in [0.1, 0.15) is 0 Å². The topological polar surface area (TPSA) is 99.3 Å². The van der Waals surface area contributed by atoms with Gasteiger partial charge in [0.15, 0.2) is 0 Å². The molecular weight excluding hydrogens is 404 g/mol. The first-order valence-electron chi connectivity index (χ1n) is 10.2. The first kappa shape index (κ1) is 22.6. The highest BCUT2D eigenvalue weighted by atomic mass is 16.2. The molecule has 0 fully saturated rings. The normalized spacial score (nSPS) is 10.7. The predicted molar refractivity (Wildman–Crippen MR) is 127 cm³/mol. The molecule has 7 heteroatoms. The quantitative estimate of drug-likeness (QED) is 0.452. The Balaban J connectivity index is 1.64. The van der Waals surface area contributed by atoms with Crippen molar-refractivity contribution in [2.24, 2.45) is 0 Å². The summed E-state index contributed by atoms with van der Waals surface area (Å²) in [6.45, 7) is 5.67. The SMILES string of the molecule is CC(C)(C)NC(=O)c1ccccc1NC(=O)c1ccc(NC(=O)Nc2ccccc2)cc1. The van der Waals surface area contributed by atoms with E-state index < -0.39 is 5.54 Å². The van der Waals surface area contributed by atoms with Gasteiger partial charge >= 0.3 is 6.03 Å². The highest BCUT2D eigenvalue weighted by Gasteiger charge is 2.19. The summed E-state index contributed by atoms with van der Waals surface area (Å²) in [5, 5.41) is 11.1. The van der Waals surface area contributed by atoms with Crippen molar-refractivity contribution in [3.63, 3.8) is 0 Å². The second kappa shape index (κ2) is 9.78. The smallest absolute Gasteiger partial charge is 0.323 e. The third-order valence-electron chi connectivity index (χ3n) is 4.35. The minimum atomic E-state index is -0.399. The second-order valence-electron chi connectivity index (χ2n) is 8.23. The van der Waals surface area contributed by atoms with Gasteiger partial charge in [-0.3, -0.25) is 9.59 Å². The third-order valence-corrected chi connectivity index (χ3v) is 4.35. The van der Waals surface area contributed by atoms with E-state index in [9.17, 15) is 14.4 Å². The van der Waals surface area contributed by atoms with Crippen molar-refractivity contribution < 1.29 is 14.4 Å². The number of nitrogens with one attached hydrogen (secondary N) is 4. The minimum Gasteiger partial charge on any atom is -0.347 e. The molecule has 0 saturated heterocycles. The molecule has 0 radical (unpaired) electrons. The van der Waals surface area contributed by atoms with Crippen LogP contribution in [0.15, 0.2) is 78.9 Å². The maximum Gasteiger partial charge on any atom is 0.323 e. The van der Waals surface area contributed by atoms with E-state index in [1.807, 2.05) is 39.0 Å². The van der Waals surface area contributed by atoms with Crippen LogP contribution in [0.2, 0.25) is 0 Å². The van der Waals surface area contributed by atoms with Gasteiger partial charge in [-0.15, -0.1) is 0 Å². The van der Waals surface area contributed by atoms with Crippen LogP contribution in [0.1, 0.15) is 41.5 Å². The molecule has 0 spiro atoms. The fraction of sp³-hybridized carbons (Fsp3) is 0.160. The van der Waals surface area contributed by atoms with Crippen LogP contribution in [0, 0.1) is 0 Å². The summed E-state index contributed by atoms with van der Waals surface area (Å²) in [5.41, 5.74) is 2.01. The molecule has 0 unspecified atom stereocenters. The fourth-order valence-electron chi connectivity index (χ4n) is 2.91. The van der Waals surface area contributed by atoms with Crippen molar-refractivity contribution in [3.8, 4) is 0 Å². The first-order chi connectivity index (χ1) is 15.2. The molecule has 7 nitrogen and oxygen atoms in total. The summed E-state index contributed by atoms with van der Waals surface area (Å²) in [4.78, 5) is 37.4. The summed E-state index contributed by atoms with van der Waals surface area (Å²) in [6.07, 6.45) is 0. The number of hydrogen-bond donors (Lipinski definition) is 4. The molecule has 0 aromatic heterocycles. The van der Waals surface area contributed by atoms with Crippen LogP contribution in [0.5, 0.6) is 0 Å². The molecule has 0 saturated carbocycles. The predicted octanol–water partition coefficient (Wildman–Crippen LogP) is 5.11. The van der Waals surface area contributed by atoms with E-state index in [0.29, 0.717) is 28.2 Å². The van der Waals surface area contributed by atoms with Gasteiger partial charge in [0.25, 0.3) is 11.8 Å². The van der Waals surface area contributed by atoms with Crippen LogP contribution in [-0.2, 0) is 0 Å². The minimum absolute atomic E-state index is 0.266. The van der Waals surface area contributed by atoms with E-state index in [4.69, 9.17) is 0 Å². The number of benzene rings is 3. The molecule has 3 rings (SSSR count). The maximum absolute atomic E-state index is 12.7.